The second-order valence-corrected chi connectivity index (χ2v) is 7.97. The maximum absolute atomic E-state index is 13.3. The number of amides is 1. The van der Waals surface area contributed by atoms with Crippen LogP contribution in [0.1, 0.15) is 23.6 Å². The quantitative estimate of drug-likeness (QED) is 0.840. The summed E-state index contributed by atoms with van der Waals surface area (Å²) < 4.78 is 40.5. The third-order valence-corrected chi connectivity index (χ3v) is 5.77. The monoisotopic (exact) mass is 378 g/mol. The Hall–Kier alpha value is -2.25. The summed E-state index contributed by atoms with van der Waals surface area (Å²) in [5, 5.41) is 0. The van der Waals surface area contributed by atoms with Crippen LogP contribution in [0.3, 0.4) is 0 Å². The molecule has 0 unspecified atom stereocenters. The summed E-state index contributed by atoms with van der Waals surface area (Å²) in [7, 11) is -3.78. The van der Waals surface area contributed by atoms with Crippen LogP contribution in [0.15, 0.2) is 41.3 Å². The third kappa shape index (κ3) is 4.47. The lowest BCUT2D eigenvalue weighted by Crippen LogP contribution is -2.38. The van der Waals surface area contributed by atoms with Gasteiger partial charge in [0.15, 0.2) is 0 Å². The van der Waals surface area contributed by atoms with Gasteiger partial charge in [-0.3, -0.25) is 4.79 Å². The van der Waals surface area contributed by atoms with Crippen molar-refractivity contribution in [2.75, 3.05) is 18.0 Å². The molecule has 5 nitrogen and oxygen atoms in total. The number of benzene rings is 2. The summed E-state index contributed by atoms with van der Waals surface area (Å²) in [4.78, 5) is 13.6. The number of hydrogen-bond donors (Lipinski definition) is 1. The molecule has 140 valence electrons. The van der Waals surface area contributed by atoms with E-state index in [0.29, 0.717) is 0 Å². The average Bonchev–Trinajstić information content (AvgIpc) is 2.57. The third-order valence-electron chi connectivity index (χ3n) is 4.31. The Morgan fingerprint density at radius 3 is 2.42 bits per heavy atom. The standard InChI is InChI=1S/C19H23FN2O3S/c1-13-6-5-7-19(15(13)3)22(16(4)23)11-10-21-26(24,25)17-8-9-18(20)14(2)12-17/h5-9,12,21H,10-11H2,1-4H3. The van der Waals surface area contributed by atoms with Gasteiger partial charge in [-0.05, 0) is 61.7 Å². The number of hydrogen-bond acceptors (Lipinski definition) is 3. The van der Waals surface area contributed by atoms with Crippen molar-refractivity contribution in [3.63, 3.8) is 0 Å². The van der Waals surface area contributed by atoms with Crippen LogP contribution >= 0.6 is 0 Å². The highest BCUT2D eigenvalue weighted by atomic mass is 32.2. The van der Waals surface area contributed by atoms with Crippen LogP contribution in [0, 0.1) is 26.6 Å². The van der Waals surface area contributed by atoms with Gasteiger partial charge >= 0.3 is 0 Å². The Balaban J connectivity index is 2.13. The first-order valence-electron chi connectivity index (χ1n) is 8.23. The average molecular weight is 378 g/mol. The van der Waals surface area contributed by atoms with E-state index >= 15 is 0 Å². The van der Waals surface area contributed by atoms with Gasteiger partial charge in [-0.25, -0.2) is 17.5 Å². The van der Waals surface area contributed by atoms with Crippen molar-refractivity contribution >= 4 is 21.6 Å². The van der Waals surface area contributed by atoms with Gasteiger partial charge in [-0.2, -0.15) is 0 Å². The van der Waals surface area contributed by atoms with E-state index in [2.05, 4.69) is 4.72 Å². The molecule has 0 bridgehead atoms. The van der Waals surface area contributed by atoms with Crippen molar-refractivity contribution in [1.29, 1.82) is 0 Å². The van der Waals surface area contributed by atoms with Crippen LogP contribution in [-0.2, 0) is 14.8 Å². The zero-order chi connectivity index (χ0) is 19.5. The largest absolute Gasteiger partial charge is 0.311 e. The summed E-state index contributed by atoms with van der Waals surface area (Å²) >= 11 is 0. The van der Waals surface area contributed by atoms with Gasteiger partial charge in [0.1, 0.15) is 5.82 Å². The van der Waals surface area contributed by atoms with Crippen molar-refractivity contribution in [2.24, 2.45) is 0 Å². The molecule has 2 aromatic carbocycles. The predicted molar refractivity (Wildman–Crippen MR) is 100 cm³/mol. The zero-order valence-electron chi connectivity index (χ0n) is 15.3. The van der Waals surface area contributed by atoms with E-state index in [1.54, 1.807) is 4.90 Å². The van der Waals surface area contributed by atoms with Gasteiger partial charge in [0, 0.05) is 25.7 Å². The summed E-state index contributed by atoms with van der Waals surface area (Å²) in [6, 6.07) is 9.28. The van der Waals surface area contributed by atoms with Crippen LogP contribution in [0.25, 0.3) is 0 Å². The smallest absolute Gasteiger partial charge is 0.240 e. The number of sulfonamides is 1. The number of nitrogens with one attached hydrogen (secondary N) is 1. The Kier molecular flexibility index (Phi) is 6.15. The number of anilines is 1. The highest BCUT2D eigenvalue weighted by Crippen LogP contribution is 2.22. The number of carbonyl (C=O) groups excluding carboxylic acids is 1. The Morgan fingerprint density at radius 1 is 1.12 bits per heavy atom. The fourth-order valence-electron chi connectivity index (χ4n) is 2.64. The molecule has 1 amide bonds. The van der Waals surface area contributed by atoms with E-state index in [1.807, 2.05) is 32.0 Å². The van der Waals surface area contributed by atoms with Gasteiger partial charge in [0.05, 0.1) is 4.90 Å². The molecule has 0 saturated heterocycles. The number of nitrogens with zero attached hydrogens (tertiary/aromatic N) is 1. The van der Waals surface area contributed by atoms with Crippen LogP contribution in [0.2, 0.25) is 0 Å². The second kappa shape index (κ2) is 7.97. The molecule has 1 N–H and O–H groups in total. The highest BCUT2D eigenvalue weighted by Gasteiger charge is 2.18. The van der Waals surface area contributed by atoms with Gasteiger partial charge < -0.3 is 4.90 Å². The van der Waals surface area contributed by atoms with E-state index in [-0.39, 0.29) is 29.5 Å². The number of halogens is 1. The SMILES string of the molecule is CC(=O)N(CCNS(=O)(=O)c1ccc(F)c(C)c1)c1cccc(C)c1C. The van der Waals surface area contributed by atoms with Crippen molar-refractivity contribution in [3.05, 3.63) is 58.9 Å². The van der Waals surface area contributed by atoms with Crippen molar-refractivity contribution in [1.82, 2.24) is 4.72 Å². The molecule has 2 rings (SSSR count). The zero-order valence-corrected chi connectivity index (χ0v) is 16.2. The molecule has 0 aliphatic carbocycles. The normalized spacial score (nSPS) is 11.4. The molecule has 7 heteroatoms. The molecule has 0 spiro atoms. The van der Waals surface area contributed by atoms with Crippen molar-refractivity contribution in [3.8, 4) is 0 Å². The minimum Gasteiger partial charge on any atom is -0.311 e. The molecular weight excluding hydrogens is 355 g/mol. The lowest BCUT2D eigenvalue weighted by molar-refractivity contribution is -0.116. The van der Waals surface area contributed by atoms with E-state index in [4.69, 9.17) is 0 Å². The van der Waals surface area contributed by atoms with E-state index in [9.17, 15) is 17.6 Å². The minimum atomic E-state index is -3.78. The predicted octanol–water partition coefficient (Wildman–Crippen LogP) is 3.08. The number of carbonyl (C=O) groups is 1. The van der Waals surface area contributed by atoms with Gasteiger partial charge in [0.25, 0.3) is 0 Å². The number of aryl methyl sites for hydroxylation is 2. The van der Waals surface area contributed by atoms with Crippen LogP contribution in [0.5, 0.6) is 0 Å². The Labute approximate surface area is 153 Å². The van der Waals surface area contributed by atoms with Gasteiger partial charge in [0.2, 0.25) is 15.9 Å². The Bertz CT molecular complexity index is 926. The fourth-order valence-corrected chi connectivity index (χ4v) is 3.74. The first kappa shape index (κ1) is 20.1. The molecule has 0 saturated carbocycles. The second-order valence-electron chi connectivity index (χ2n) is 6.20. The van der Waals surface area contributed by atoms with E-state index in [0.717, 1.165) is 22.9 Å². The molecule has 0 fully saturated rings. The summed E-state index contributed by atoms with van der Waals surface area (Å²) in [6.07, 6.45) is 0. The molecule has 0 atom stereocenters. The lowest BCUT2D eigenvalue weighted by atomic mass is 10.1. The molecule has 26 heavy (non-hydrogen) atoms. The maximum Gasteiger partial charge on any atom is 0.240 e. The maximum atomic E-state index is 13.3. The Morgan fingerprint density at radius 2 is 1.81 bits per heavy atom. The number of rotatable bonds is 6. The highest BCUT2D eigenvalue weighted by molar-refractivity contribution is 7.89. The molecule has 0 heterocycles. The molecule has 0 radical (unpaired) electrons. The topological polar surface area (TPSA) is 66.5 Å². The molecule has 0 aliphatic heterocycles. The van der Waals surface area contributed by atoms with Gasteiger partial charge in [-0.1, -0.05) is 12.1 Å². The molecule has 0 aromatic heterocycles. The lowest BCUT2D eigenvalue weighted by Gasteiger charge is -2.24. The first-order chi connectivity index (χ1) is 12.1. The molecule has 0 aliphatic rings. The summed E-state index contributed by atoms with van der Waals surface area (Å²) in [5.41, 5.74) is 3.04. The minimum absolute atomic E-state index is 0.00230. The summed E-state index contributed by atoms with van der Waals surface area (Å²) in [6.45, 7) is 7.07. The van der Waals surface area contributed by atoms with Crippen LogP contribution < -0.4 is 9.62 Å². The van der Waals surface area contributed by atoms with Crippen molar-refractivity contribution in [2.45, 2.75) is 32.6 Å². The molecular formula is C19H23FN2O3S. The first-order valence-corrected chi connectivity index (χ1v) is 9.72. The van der Waals surface area contributed by atoms with Crippen LogP contribution in [0.4, 0.5) is 10.1 Å². The fraction of sp³-hybridized carbons (Fsp3) is 0.316. The van der Waals surface area contributed by atoms with Crippen LogP contribution in [-0.4, -0.2) is 27.4 Å². The van der Waals surface area contributed by atoms with E-state index in [1.165, 1.54) is 26.0 Å². The summed E-state index contributed by atoms with van der Waals surface area (Å²) in [5.74, 6) is -0.628. The van der Waals surface area contributed by atoms with E-state index < -0.39 is 15.8 Å². The van der Waals surface area contributed by atoms with Crippen molar-refractivity contribution < 1.29 is 17.6 Å². The molecule has 2 aromatic rings. The van der Waals surface area contributed by atoms with Gasteiger partial charge in [-0.15, -0.1) is 0 Å².